The maximum absolute atomic E-state index is 13.6. The summed E-state index contributed by atoms with van der Waals surface area (Å²) in [6.07, 6.45) is 0.701. The number of hydrogen-bond donors (Lipinski definition) is 0. The Morgan fingerprint density at radius 1 is 1.00 bits per heavy atom. The first-order chi connectivity index (χ1) is 10.1. The van der Waals surface area contributed by atoms with E-state index in [1.54, 1.807) is 12.1 Å². The molecule has 110 valence electrons. The highest BCUT2D eigenvalue weighted by Gasteiger charge is 2.27. The Labute approximate surface area is 124 Å². The normalized spacial score (nSPS) is 15.7. The minimum Gasteiger partial charge on any atom is -0.212 e. The van der Waals surface area contributed by atoms with Crippen LogP contribution in [0.3, 0.4) is 0 Å². The van der Waals surface area contributed by atoms with E-state index in [9.17, 15) is 12.8 Å². The third-order valence-electron chi connectivity index (χ3n) is 3.78. The third kappa shape index (κ3) is 2.99. The highest BCUT2D eigenvalue weighted by atomic mass is 32.2. The molecule has 0 unspecified atom stereocenters. The molecule has 21 heavy (non-hydrogen) atoms. The van der Waals surface area contributed by atoms with E-state index in [1.807, 2.05) is 24.3 Å². The maximum Gasteiger partial charge on any atom is 0.218 e. The molecule has 0 aliphatic carbocycles. The summed E-state index contributed by atoms with van der Waals surface area (Å²) in [7, 11) is -3.51. The van der Waals surface area contributed by atoms with E-state index < -0.39 is 15.8 Å². The van der Waals surface area contributed by atoms with Gasteiger partial charge in [-0.2, -0.15) is 4.31 Å². The smallest absolute Gasteiger partial charge is 0.212 e. The van der Waals surface area contributed by atoms with E-state index in [0.717, 1.165) is 5.56 Å². The summed E-state index contributed by atoms with van der Waals surface area (Å²) < 4.78 is 40.0. The summed E-state index contributed by atoms with van der Waals surface area (Å²) in [5.74, 6) is -0.763. The van der Waals surface area contributed by atoms with Gasteiger partial charge in [0.1, 0.15) is 5.82 Å². The third-order valence-corrected chi connectivity index (χ3v) is 5.56. The Kier molecular flexibility index (Phi) is 3.78. The standard InChI is InChI=1S/C16H16FNO2S/c17-16-8-4-3-7-15(16)12-21(19,20)18-10-9-13-5-1-2-6-14(13)11-18/h1-8H,9-12H2. The Morgan fingerprint density at radius 2 is 1.67 bits per heavy atom. The van der Waals surface area contributed by atoms with Crippen LogP contribution in [0, 0.1) is 5.82 Å². The van der Waals surface area contributed by atoms with Crippen molar-refractivity contribution in [2.75, 3.05) is 6.54 Å². The van der Waals surface area contributed by atoms with Crippen LogP contribution in [0.2, 0.25) is 0 Å². The minimum absolute atomic E-state index is 0.219. The molecule has 0 N–H and O–H groups in total. The zero-order valence-corrected chi connectivity index (χ0v) is 12.3. The first-order valence-corrected chi connectivity index (χ1v) is 8.45. The summed E-state index contributed by atoms with van der Waals surface area (Å²) in [5, 5.41) is 0. The number of fused-ring (bicyclic) bond motifs is 1. The van der Waals surface area contributed by atoms with Gasteiger partial charge in [0, 0.05) is 18.7 Å². The average molecular weight is 305 g/mol. The highest BCUT2D eigenvalue weighted by Crippen LogP contribution is 2.23. The van der Waals surface area contributed by atoms with Gasteiger partial charge < -0.3 is 0 Å². The molecule has 1 aliphatic heterocycles. The molecule has 1 aliphatic rings. The van der Waals surface area contributed by atoms with E-state index in [0.29, 0.717) is 19.5 Å². The molecule has 0 amide bonds. The maximum atomic E-state index is 13.6. The van der Waals surface area contributed by atoms with Crippen LogP contribution in [0.4, 0.5) is 4.39 Å². The molecule has 1 heterocycles. The van der Waals surface area contributed by atoms with Crippen molar-refractivity contribution >= 4 is 10.0 Å². The van der Waals surface area contributed by atoms with Gasteiger partial charge in [-0.25, -0.2) is 12.8 Å². The van der Waals surface area contributed by atoms with Gasteiger partial charge in [-0.05, 0) is 23.6 Å². The predicted molar refractivity (Wildman–Crippen MR) is 79.6 cm³/mol. The summed E-state index contributed by atoms with van der Waals surface area (Å²) >= 11 is 0. The van der Waals surface area contributed by atoms with Crippen molar-refractivity contribution in [2.24, 2.45) is 0 Å². The summed E-state index contributed by atoms with van der Waals surface area (Å²) in [5.41, 5.74) is 2.44. The molecular weight excluding hydrogens is 289 g/mol. The number of halogens is 1. The van der Waals surface area contributed by atoms with E-state index >= 15 is 0 Å². The first-order valence-electron chi connectivity index (χ1n) is 6.84. The molecule has 3 rings (SSSR count). The molecular formula is C16H16FNO2S. The lowest BCUT2D eigenvalue weighted by Crippen LogP contribution is -2.36. The molecule has 0 bridgehead atoms. The quantitative estimate of drug-likeness (QED) is 0.874. The van der Waals surface area contributed by atoms with Crippen LogP contribution in [-0.4, -0.2) is 19.3 Å². The summed E-state index contributed by atoms with van der Waals surface area (Å²) in [6, 6.07) is 13.9. The molecule has 0 aromatic heterocycles. The van der Waals surface area contributed by atoms with E-state index in [2.05, 4.69) is 0 Å². The van der Waals surface area contributed by atoms with Crippen molar-refractivity contribution in [1.29, 1.82) is 0 Å². The van der Waals surface area contributed by atoms with Crippen LogP contribution in [0.15, 0.2) is 48.5 Å². The first kappa shape index (κ1) is 14.2. The lowest BCUT2D eigenvalue weighted by Gasteiger charge is -2.28. The molecule has 2 aromatic rings. The fourth-order valence-corrected chi connectivity index (χ4v) is 4.13. The van der Waals surface area contributed by atoms with Crippen molar-refractivity contribution in [3.8, 4) is 0 Å². The molecule has 2 aromatic carbocycles. The molecule has 0 fully saturated rings. The van der Waals surface area contributed by atoms with Gasteiger partial charge in [-0.1, -0.05) is 42.5 Å². The Balaban J connectivity index is 1.82. The van der Waals surface area contributed by atoms with Crippen molar-refractivity contribution in [3.05, 3.63) is 71.0 Å². The molecule has 5 heteroatoms. The van der Waals surface area contributed by atoms with Crippen LogP contribution in [0.25, 0.3) is 0 Å². The van der Waals surface area contributed by atoms with Crippen LogP contribution in [-0.2, 0) is 28.7 Å². The summed E-state index contributed by atoms with van der Waals surface area (Å²) in [6.45, 7) is 0.820. The second kappa shape index (κ2) is 5.58. The molecule has 0 spiro atoms. The van der Waals surface area contributed by atoms with Crippen LogP contribution >= 0.6 is 0 Å². The number of sulfonamides is 1. The second-order valence-corrected chi connectivity index (χ2v) is 7.17. The van der Waals surface area contributed by atoms with Crippen molar-refractivity contribution in [2.45, 2.75) is 18.7 Å². The molecule has 3 nitrogen and oxygen atoms in total. The topological polar surface area (TPSA) is 37.4 Å². The fraction of sp³-hybridized carbons (Fsp3) is 0.250. The van der Waals surface area contributed by atoms with Gasteiger partial charge in [-0.3, -0.25) is 0 Å². The molecule has 0 saturated heterocycles. The Bertz CT molecular complexity index is 758. The highest BCUT2D eigenvalue weighted by molar-refractivity contribution is 7.88. The van der Waals surface area contributed by atoms with E-state index in [4.69, 9.17) is 0 Å². The van der Waals surface area contributed by atoms with E-state index in [-0.39, 0.29) is 11.3 Å². The van der Waals surface area contributed by atoms with Gasteiger partial charge >= 0.3 is 0 Å². The van der Waals surface area contributed by atoms with Crippen molar-refractivity contribution in [3.63, 3.8) is 0 Å². The average Bonchev–Trinajstić information content (AvgIpc) is 2.49. The SMILES string of the molecule is O=S(=O)(Cc1ccccc1F)N1CCc2ccccc2C1. The van der Waals surface area contributed by atoms with Crippen molar-refractivity contribution < 1.29 is 12.8 Å². The largest absolute Gasteiger partial charge is 0.218 e. The fourth-order valence-electron chi connectivity index (χ4n) is 2.61. The Hall–Kier alpha value is -1.72. The zero-order chi connectivity index (χ0) is 14.9. The molecule has 0 atom stereocenters. The van der Waals surface area contributed by atoms with Crippen LogP contribution in [0.1, 0.15) is 16.7 Å². The van der Waals surface area contributed by atoms with Gasteiger partial charge in [0.25, 0.3) is 0 Å². The van der Waals surface area contributed by atoms with Crippen LogP contribution in [0.5, 0.6) is 0 Å². The zero-order valence-electron chi connectivity index (χ0n) is 11.5. The molecule has 0 saturated carbocycles. The van der Waals surface area contributed by atoms with E-state index in [1.165, 1.54) is 22.0 Å². The van der Waals surface area contributed by atoms with Gasteiger partial charge in [0.15, 0.2) is 0 Å². The van der Waals surface area contributed by atoms with Gasteiger partial charge in [-0.15, -0.1) is 0 Å². The minimum atomic E-state index is -3.51. The number of benzene rings is 2. The van der Waals surface area contributed by atoms with Gasteiger partial charge in [0.05, 0.1) is 5.75 Å². The number of rotatable bonds is 3. The summed E-state index contributed by atoms with van der Waals surface area (Å²) in [4.78, 5) is 0. The van der Waals surface area contributed by atoms with Crippen molar-refractivity contribution in [1.82, 2.24) is 4.31 Å². The molecule has 0 radical (unpaired) electrons. The second-order valence-electron chi connectivity index (χ2n) is 5.20. The Morgan fingerprint density at radius 3 is 2.43 bits per heavy atom. The van der Waals surface area contributed by atoms with Crippen LogP contribution < -0.4 is 0 Å². The predicted octanol–water partition coefficient (Wildman–Crippen LogP) is 2.71. The lowest BCUT2D eigenvalue weighted by molar-refractivity contribution is 0.390. The lowest BCUT2D eigenvalue weighted by atomic mass is 10.0. The van der Waals surface area contributed by atoms with Gasteiger partial charge in [0.2, 0.25) is 10.0 Å². The number of nitrogens with zero attached hydrogens (tertiary/aromatic N) is 1. The number of hydrogen-bond acceptors (Lipinski definition) is 2. The monoisotopic (exact) mass is 305 g/mol.